The number of piperidine rings is 1. The van der Waals surface area contributed by atoms with Crippen LogP contribution in [0.1, 0.15) is 23.2 Å². The van der Waals surface area contributed by atoms with E-state index in [0.29, 0.717) is 6.07 Å². The lowest BCUT2D eigenvalue weighted by Gasteiger charge is -2.36. The number of amides is 2. The molecule has 0 aromatic heterocycles. The third-order valence-corrected chi connectivity index (χ3v) is 3.99. The van der Waals surface area contributed by atoms with Gasteiger partial charge in [-0.15, -0.1) is 0 Å². The molecule has 0 radical (unpaired) electrons. The molecule has 2 N–H and O–H groups in total. The van der Waals surface area contributed by atoms with Gasteiger partial charge < -0.3 is 15.3 Å². The molecular weight excluding hydrogens is 329 g/mol. The van der Waals surface area contributed by atoms with Crippen molar-refractivity contribution in [2.45, 2.75) is 18.9 Å². The minimum absolute atomic E-state index is 0.00947. The van der Waals surface area contributed by atoms with Crippen molar-refractivity contribution in [3.63, 3.8) is 0 Å². The Labute approximate surface area is 135 Å². The summed E-state index contributed by atoms with van der Waals surface area (Å²) in [6.45, 7) is -0.256. The normalized spacial score (nSPS) is 20.6. The molecule has 0 aliphatic carbocycles. The van der Waals surface area contributed by atoms with Crippen molar-refractivity contribution >= 4 is 17.8 Å². The number of carboxylic acids is 1. The third-order valence-electron chi connectivity index (χ3n) is 3.99. The van der Waals surface area contributed by atoms with Gasteiger partial charge in [-0.2, -0.15) is 0 Å². The van der Waals surface area contributed by atoms with Crippen LogP contribution in [0.25, 0.3) is 0 Å². The topological polar surface area (TPSA) is 86.7 Å². The smallest absolute Gasteiger partial charge is 0.326 e. The van der Waals surface area contributed by atoms with Crippen LogP contribution in [0.15, 0.2) is 12.1 Å². The molecule has 1 saturated heterocycles. The van der Waals surface area contributed by atoms with Crippen LogP contribution in [0, 0.1) is 23.4 Å². The summed E-state index contributed by atoms with van der Waals surface area (Å²) in [5.74, 6) is -7.66. The van der Waals surface area contributed by atoms with Gasteiger partial charge in [-0.1, -0.05) is 0 Å². The van der Waals surface area contributed by atoms with E-state index in [1.807, 2.05) is 0 Å². The first-order valence-electron chi connectivity index (χ1n) is 7.16. The summed E-state index contributed by atoms with van der Waals surface area (Å²) in [4.78, 5) is 36.3. The van der Waals surface area contributed by atoms with Gasteiger partial charge >= 0.3 is 5.97 Å². The molecule has 1 aliphatic rings. The summed E-state index contributed by atoms with van der Waals surface area (Å²) < 4.78 is 40.1. The molecule has 2 atom stereocenters. The second-order valence-corrected chi connectivity index (χ2v) is 5.45. The van der Waals surface area contributed by atoms with Crippen LogP contribution in [-0.2, 0) is 9.59 Å². The molecule has 0 unspecified atom stereocenters. The molecule has 1 aliphatic heterocycles. The largest absolute Gasteiger partial charge is 0.480 e. The Bertz CT molecular complexity index is 696. The Balaban J connectivity index is 2.37. The van der Waals surface area contributed by atoms with Gasteiger partial charge in [0, 0.05) is 19.7 Å². The van der Waals surface area contributed by atoms with Crippen molar-refractivity contribution < 1.29 is 32.7 Å². The maximum atomic E-state index is 13.8. The zero-order chi connectivity index (χ0) is 18.0. The Morgan fingerprint density at radius 1 is 1.12 bits per heavy atom. The second kappa shape index (κ2) is 6.90. The average Bonchev–Trinajstić information content (AvgIpc) is 2.56. The SMILES string of the molecule is CNC(=O)[C@H]1CC[C@@H](C(=O)O)N(C(=O)c2cc(F)c(F)cc2F)C1. The highest BCUT2D eigenvalue weighted by molar-refractivity contribution is 5.97. The number of likely N-dealkylation sites (tertiary alicyclic amines) is 1. The predicted octanol–water partition coefficient (Wildman–Crippen LogP) is 1.16. The number of aliphatic carboxylic acids is 1. The van der Waals surface area contributed by atoms with E-state index < -0.39 is 46.9 Å². The lowest BCUT2D eigenvalue weighted by Crippen LogP contribution is -2.53. The van der Waals surface area contributed by atoms with E-state index in [1.165, 1.54) is 7.05 Å². The van der Waals surface area contributed by atoms with Crippen molar-refractivity contribution in [1.29, 1.82) is 0 Å². The predicted molar refractivity (Wildman–Crippen MR) is 75.6 cm³/mol. The summed E-state index contributed by atoms with van der Waals surface area (Å²) in [7, 11) is 1.40. The standard InChI is InChI=1S/C15H15F3N2O4/c1-19-13(21)7-2-3-12(15(23)24)20(6-7)14(22)8-4-10(17)11(18)5-9(8)16/h4-5,7,12H,2-3,6H2,1H3,(H,19,21)(H,23,24)/t7-,12-/m0/s1. The highest BCUT2D eigenvalue weighted by atomic mass is 19.2. The summed E-state index contributed by atoms with van der Waals surface area (Å²) in [6, 6.07) is -0.667. The van der Waals surface area contributed by atoms with Crippen molar-refractivity contribution in [3.05, 3.63) is 35.1 Å². The van der Waals surface area contributed by atoms with Crippen molar-refractivity contribution in [2.24, 2.45) is 5.92 Å². The first-order chi connectivity index (χ1) is 11.3. The summed E-state index contributed by atoms with van der Waals surface area (Å²) >= 11 is 0. The van der Waals surface area contributed by atoms with Crippen LogP contribution in [0.5, 0.6) is 0 Å². The molecule has 1 fully saturated rings. The van der Waals surface area contributed by atoms with Crippen molar-refractivity contribution in [1.82, 2.24) is 10.2 Å². The Kier molecular flexibility index (Phi) is 5.10. The quantitative estimate of drug-likeness (QED) is 0.806. The fraction of sp³-hybridized carbons (Fsp3) is 0.400. The average molecular weight is 344 g/mol. The van der Waals surface area contributed by atoms with Gasteiger partial charge in [-0.3, -0.25) is 9.59 Å². The second-order valence-electron chi connectivity index (χ2n) is 5.45. The Morgan fingerprint density at radius 2 is 1.75 bits per heavy atom. The molecule has 0 saturated carbocycles. The number of nitrogens with one attached hydrogen (secondary N) is 1. The van der Waals surface area contributed by atoms with Crippen LogP contribution in [0.2, 0.25) is 0 Å². The van der Waals surface area contributed by atoms with Crippen molar-refractivity contribution in [3.8, 4) is 0 Å². The van der Waals surface area contributed by atoms with Gasteiger partial charge in [0.15, 0.2) is 11.6 Å². The van der Waals surface area contributed by atoms with Gasteiger partial charge in [0.2, 0.25) is 5.91 Å². The van der Waals surface area contributed by atoms with E-state index in [9.17, 15) is 32.7 Å². The highest BCUT2D eigenvalue weighted by Crippen LogP contribution is 2.26. The van der Waals surface area contributed by atoms with E-state index in [2.05, 4.69) is 5.32 Å². The molecule has 0 bridgehead atoms. The minimum atomic E-state index is -1.46. The molecule has 2 amide bonds. The molecular formula is C15H15F3N2O4. The molecule has 130 valence electrons. The lowest BCUT2D eigenvalue weighted by molar-refractivity contribution is -0.145. The number of hydrogen-bond donors (Lipinski definition) is 2. The molecule has 24 heavy (non-hydrogen) atoms. The summed E-state index contributed by atoms with van der Waals surface area (Å²) in [5, 5.41) is 11.6. The summed E-state index contributed by atoms with van der Waals surface area (Å²) in [5.41, 5.74) is -0.780. The molecule has 0 spiro atoms. The van der Waals surface area contributed by atoms with E-state index >= 15 is 0 Å². The van der Waals surface area contributed by atoms with Gasteiger partial charge in [-0.25, -0.2) is 18.0 Å². The van der Waals surface area contributed by atoms with E-state index in [4.69, 9.17) is 0 Å². The fourth-order valence-electron chi connectivity index (χ4n) is 2.71. The number of carbonyl (C=O) groups is 3. The maximum absolute atomic E-state index is 13.8. The lowest BCUT2D eigenvalue weighted by atomic mass is 9.91. The molecule has 1 heterocycles. The van der Waals surface area contributed by atoms with Gasteiger partial charge in [0.25, 0.3) is 5.91 Å². The zero-order valence-corrected chi connectivity index (χ0v) is 12.7. The zero-order valence-electron chi connectivity index (χ0n) is 12.7. The van der Waals surface area contributed by atoms with Gasteiger partial charge in [0.1, 0.15) is 11.9 Å². The first-order valence-corrected chi connectivity index (χ1v) is 7.16. The highest BCUT2D eigenvalue weighted by Gasteiger charge is 2.39. The van der Waals surface area contributed by atoms with E-state index in [1.54, 1.807) is 0 Å². The van der Waals surface area contributed by atoms with Gasteiger partial charge in [-0.05, 0) is 18.9 Å². The summed E-state index contributed by atoms with van der Waals surface area (Å²) in [6.07, 6.45) is 0.227. The molecule has 1 aromatic rings. The van der Waals surface area contributed by atoms with Gasteiger partial charge in [0.05, 0.1) is 11.5 Å². The number of nitrogens with zero attached hydrogens (tertiary/aromatic N) is 1. The van der Waals surface area contributed by atoms with Crippen LogP contribution >= 0.6 is 0 Å². The van der Waals surface area contributed by atoms with Crippen LogP contribution in [0.3, 0.4) is 0 Å². The molecule has 6 nitrogen and oxygen atoms in total. The fourth-order valence-corrected chi connectivity index (χ4v) is 2.71. The van der Waals surface area contributed by atoms with Crippen LogP contribution in [0.4, 0.5) is 13.2 Å². The third kappa shape index (κ3) is 3.34. The number of rotatable bonds is 3. The molecule has 2 rings (SSSR count). The van der Waals surface area contributed by atoms with Crippen LogP contribution < -0.4 is 5.32 Å². The van der Waals surface area contributed by atoms with E-state index in [-0.39, 0.29) is 31.4 Å². The number of benzene rings is 1. The molecule has 1 aromatic carbocycles. The van der Waals surface area contributed by atoms with Crippen LogP contribution in [-0.4, -0.2) is 47.4 Å². The number of carbonyl (C=O) groups excluding carboxylic acids is 2. The minimum Gasteiger partial charge on any atom is -0.480 e. The Morgan fingerprint density at radius 3 is 2.33 bits per heavy atom. The molecule has 9 heteroatoms. The number of hydrogen-bond acceptors (Lipinski definition) is 3. The van der Waals surface area contributed by atoms with Crippen molar-refractivity contribution in [2.75, 3.05) is 13.6 Å². The number of halogens is 3. The Hall–Kier alpha value is -2.58. The van der Waals surface area contributed by atoms with E-state index in [0.717, 1.165) is 4.90 Å². The monoisotopic (exact) mass is 344 g/mol. The number of carboxylic acid groups (broad SMARTS) is 1. The first kappa shape index (κ1) is 17.8. The maximum Gasteiger partial charge on any atom is 0.326 e.